The molecule has 2 rings (SSSR count). The molecule has 4 nitrogen and oxygen atoms in total. The van der Waals surface area contributed by atoms with Gasteiger partial charge in [0.15, 0.2) is 6.34 Å². The fourth-order valence-electron chi connectivity index (χ4n) is 0.760. The van der Waals surface area contributed by atoms with E-state index in [4.69, 9.17) is 0 Å². The summed E-state index contributed by atoms with van der Waals surface area (Å²) in [4.78, 5) is 5.55. The Kier molecular flexibility index (Phi) is 0.798. The van der Waals surface area contributed by atoms with Crippen LogP contribution in [0, 0.1) is 0 Å². The van der Waals surface area contributed by atoms with E-state index in [-0.39, 0.29) is 6.17 Å². The molecule has 2 aliphatic rings. The van der Waals surface area contributed by atoms with Gasteiger partial charge in [0.25, 0.3) is 0 Å². The third-order valence-corrected chi connectivity index (χ3v) is 1.18. The van der Waals surface area contributed by atoms with Gasteiger partial charge in [-0.2, -0.15) is 4.99 Å². The average Bonchev–Trinajstić information content (AvgIpc) is 2.33. The zero-order chi connectivity index (χ0) is 6.10. The maximum Gasteiger partial charge on any atom is 0.324 e. The zero-order valence-corrected chi connectivity index (χ0v) is 4.68. The minimum atomic E-state index is 0.0231. The summed E-state index contributed by atoms with van der Waals surface area (Å²) in [6.07, 6.45) is 7.01. The molecule has 9 heavy (non-hydrogen) atoms. The molecular weight excluding hydrogens is 116 g/mol. The summed E-state index contributed by atoms with van der Waals surface area (Å²) in [7, 11) is 0. The molecule has 4 heteroatoms. The lowest BCUT2D eigenvalue weighted by Crippen LogP contribution is -2.14. The second-order valence-electron chi connectivity index (χ2n) is 1.76. The van der Waals surface area contributed by atoms with Crippen molar-refractivity contribution in [1.29, 1.82) is 0 Å². The minimum absolute atomic E-state index is 0.0231. The Morgan fingerprint density at radius 2 is 2.44 bits per heavy atom. The molecule has 0 aromatic heterocycles. The SMILES string of the molecule is C1=CC2N=CN=[N+]2N=C1. The first-order chi connectivity index (χ1) is 4.47. The minimum Gasteiger partial charge on any atom is -0.191 e. The maximum atomic E-state index is 3.99. The van der Waals surface area contributed by atoms with Crippen LogP contribution in [0.15, 0.2) is 27.4 Å². The molecule has 0 saturated heterocycles. The highest BCUT2D eigenvalue weighted by atomic mass is 15.6. The number of hydrogen-bond acceptors (Lipinski definition) is 3. The number of rotatable bonds is 0. The van der Waals surface area contributed by atoms with Gasteiger partial charge in [0.2, 0.25) is 0 Å². The number of hydrogen-bond donors (Lipinski definition) is 0. The third-order valence-electron chi connectivity index (χ3n) is 1.18. The molecule has 0 aromatic carbocycles. The van der Waals surface area contributed by atoms with E-state index in [9.17, 15) is 0 Å². The van der Waals surface area contributed by atoms with Crippen molar-refractivity contribution in [3.05, 3.63) is 12.2 Å². The van der Waals surface area contributed by atoms with E-state index in [0.717, 1.165) is 0 Å². The molecule has 0 radical (unpaired) electrons. The first-order valence-corrected chi connectivity index (χ1v) is 2.69. The lowest BCUT2D eigenvalue weighted by Gasteiger charge is -1.93. The van der Waals surface area contributed by atoms with Gasteiger partial charge < -0.3 is 0 Å². The fourth-order valence-corrected chi connectivity index (χ4v) is 0.760. The van der Waals surface area contributed by atoms with Gasteiger partial charge in [-0.15, -0.1) is 0 Å². The van der Waals surface area contributed by atoms with Gasteiger partial charge in [-0.25, -0.2) is 0 Å². The van der Waals surface area contributed by atoms with Crippen molar-refractivity contribution in [1.82, 2.24) is 0 Å². The summed E-state index contributed by atoms with van der Waals surface area (Å²) >= 11 is 0. The van der Waals surface area contributed by atoms with E-state index in [1.807, 2.05) is 12.2 Å². The summed E-state index contributed by atoms with van der Waals surface area (Å²) in [6, 6.07) is 0. The van der Waals surface area contributed by atoms with E-state index in [0.29, 0.717) is 0 Å². The van der Waals surface area contributed by atoms with E-state index in [1.165, 1.54) is 6.34 Å². The quantitative estimate of drug-likeness (QED) is 0.415. The average molecular weight is 121 g/mol. The van der Waals surface area contributed by atoms with Crippen molar-refractivity contribution in [3.8, 4) is 0 Å². The number of hydrazone groups is 1. The molecule has 0 N–H and O–H groups in total. The second-order valence-corrected chi connectivity index (χ2v) is 1.76. The normalized spacial score (nSPS) is 28.4. The van der Waals surface area contributed by atoms with Gasteiger partial charge in [-0.05, 0) is 6.08 Å². The molecule has 0 aromatic rings. The van der Waals surface area contributed by atoms with Crippen LogP contribution in [0.4, 0.5) is 0 Å². The van der Waals surface area contributed by atoms with Crippen molar-refractivity contribution in [2.45, 2.75) is 6.17 Å². The lowest BCUT2D eigenvalue weighted by atomic mass is 10.4. The van der Waals surface area contributed by atoms with Crippen LogP contribution >= 0.6 is 0 Å². The van der Waals surface area contributed by atoms with Gasteiger partial charge in [-0.1, -0.05) is 0 Å². The molecule has 1 atom stereocenters. The number of aliphatic imine (C=N–C) groups is 1. The van der Waals surface area contributed by atoms with Crippen LogP contribution in [0.3, 0.4) is 0 Å². The zero-order valence-electron chi connectivity index (χ0n) is 4.68. The summed E-state index contributed by atoms with van der Waals surface area (Å²) in [6.45, 7) is 0. The molecule has 44 valence electrons. The molecule has 0 aliphatic carbocycles. The number of fused-ring (bicyclic) bond motifs is 1. The maximum absolute atomic E-state index is 3.99. The third kappa shape index (κ3) is 0.595. The molecule has 2 heterocycles. The molecule has 1 unspecified atom stereocenters. The highest BCUT2D eigenvalue weighted by Gasteiger charge is 2.23. The van der Waals surface area contributed by atoms with Crippen LogP contribution < -0.4 is 0 Å². The van der Waals surface area contributed by atoms with Crippen LogP contribution in [0.1, 0.15) is 0 Å². The predicted octanol–water partition coefficient (Wildman–Crippen LogP) is 0.375. The lowest BCUT2D eigenvalue weighted by molar-refractivity contribution is -0.611. The van der Waals surface area contributed by atoms with E-state index in [1.54, 1.807) is 11.0 Å². The van der Waals surface area contributed by atoms with Gasteiger partial charge in [0.1, 0.15) is 0 Å². The van der Waals surface area contributed by atoms with Crippen molar-refractivity contribution < 1.29 is 4.81 Å². The second kappa shape index (κ2) is 1.58. The number of allylic oxidation sites excluding steroid dienone is 1. The van der Waals surface area contributed by atoms with Gasteiger partial charge in [-0.3, -0.25) is 0 Å². The predicted molar refractivity (Wildman–Crippen MR) is 32.6 cm³/mol. The molecule has 0 amide bonds. The van der Waals surface area contributed by atoms with Crippen molar-refractivity contribution >= 4 is 12.6 Å². The Balaban J connectivity index is 2.40. The summed E-state index contributed by atoms with van der Waals surface area (Å²) in [5.74, 6) is 0. The largest absolute Gasteiger partial charge is 0.324 e. The first kappa shape index (κ1) is 4.55. The molecule has 2 aliphatic heterocycles. The van der Waals surface area contributed by atoms with Crippen LogP contribution in [0.2, 0.25) is 0 Å². The highest BCUT2D eigenvalue weighted by Crippen LogP contribution is 2.05. The standard InChI is InChI=1S/C5H5N4/c1-2-5-6-4-8-9(5)7-3-1/h1-5H/q+1. The van der Waals surface area contributed by atoms with Crippen LogP contribution in [0.25, 0.3) is 0 Å². The monoisotopic (exact) mass is 121 g/mol. The first-order valence-electron chi connectivity index (χ1n) is 2.69. The van der Waals surface area contributed by atoms with E-state index < -0.39 is 0 Å². The Hall–Kier alpha value is -1.32. The van der Waals surface area contributed by atoms with Crippen LogP contribution in [-0.2, 0) is 0 Å². The van der Waals surface area contributed by atoms with Crippen molar-refractivity contribution in [2.75, 3.05) is 0 Å². The summed E-state index contributed by atoms with van der Waals surface area (Å²) < 4.78 is 0. The molecule has 0 fully saturated rings. The van der Waals surface area contributed by atoms with Crippen molar-refractivity contribution in [2.24, 2.45) is 15.2 Å². The Morgan fingerprint density at radius 1 is 1.44 bits per heavy atom. The Morgan fingerprint density at radius 3 is 3.33 bits per heavy atom. The topological polar surface area (TPSA) is 40.1 Å². The summed E-state index contributed by atoms with van der Waals surface area (Å²) in [5, 5.41) is 7.77. The number of azo groups is 1. The van der Waals surface area contributed by atoms with E-state index in [2.05, 4.69) is 15.2 Å². The van der Waals surface area contributed by atoms with Crippen LogP contribution in [-0.4, -0.2) is 23.5 Å². The Bertz CT molecular complexity index is 235. The molecule has 0 bridgehead atoms. The fraction of sp³-hybridized carbons (Fsp3) is 0.200. The smallest absolute Gasteiger partial charge is 0.191 e. The van der Waals surface area contributed by atoms with Gasteiger partial charge in [0, 0.05) is 16.3 Å². The molecule has 0 saturated carbocycles. The van der Waals surface area contributed by atoms with Gasteiger partial charge >= 0.3 is 6.17 Å². The van der Waals surface area contributed by atoms with Crippen molar-refractivity contribution in [3.63, 3.8) is 0 Å². The number of nitrogens with zero attached hydrogens (tertiary/aromatic N) is 4. The molecular formula is C5H5N4+. The Labute approximate surface area is 51.9 Å². The van der Waals surface area contributed by atoms with E-state index >= 15 is 0 Å². The summed E-state index contributed by atoms with van der Waals surface area (Å²) in [5.41, 5.74) is 0. The highest BCUT2D eigenvalue weighted by molar-refractivity contribution is 5.71. The van der Waals surface area contributed by atoms with Gasteiger partial charge in [0.05, 0.1) is 11.0 Å². The van der Waals surface area contributed by atoms with Crippen LogP contribution in [0.5, 0.6) is 0 Å². The molecule has 0 spiro atoms.